The van der Waals surface area contributed by atoms with Gasteiger partial charge in [0.05, 0.1) is 13.7 Å². The monoisotopic (exact) mass is 309 g/mol. The molecule has 1 rings (SSSR count). The molecule has 1 amide bonds. The predicted octanol–water partition coefficient (Wildman–Crippen LogP) is 1.79. The molecule has 0 aliphatic heterocycles. The van der Waals surface area contributed by atoms with Gasteiger partial charge in [-0.3, -0.25) is 4.79 Å². The zero-order chi connectivity index (χ0) is 16.5. The topological polar surface area (TPSA) is 84.9 Å². The number of benzene rings is 1. The van der Waals surface area contributed by atoms with Crippen LogP contribution in [0.15, 0.2) is 24.3 Å². The van der Waals surface area contributed by atoms with Crippen molar-refractivity contribution in [3.05, 3.63) is 29.8 Å². The molecule has 0 saturated heterocycles. The van der Waals surface area contributed by atoms with Gasteiger partial charge in [-0.2, -0.15) is 0 Å². The van der Waals surface area contributed by atoms with Crippen LogP contribution in [-0.2, 0) is 14.3 Å². The molecule has 0 heterocycles. The van der Waals surface area contributed by atoms with Crippen molar-refractivity contribution in [1.82, 2.24) is 5.32 Å². The zero-order valence-electron chi connectivity index (χ0n) is 13.2. The SMILES string of the molecule is CCC(CC(=O)NCC(OC)C(=O)O)c1ccc(OC)cc1. The normalized spacial score (nSPS) is 13.2. The first-order chi connectivity index (χ1) is 10.5. The second-order valence-electron chi connectivity index (χ2n) is 4.95. The van der Waals surface area contributed by atoms with Gasteiger partial charge in [-0.1, -0.05) is 19.1 Å². The van der Waals surface area contributed by atoms with Crippen LogP contribution in [0.4, 0.5) is 0 Å². The van der Waals surface area contributed by atoms with Crippen molar-refractivity contribution in [3.8, 4) is 5.75 Å². The number of carboxylic acid groups (broad SMARTS) is 1. The third kappa shape index (κ3) is 5.37. The van der Waals surface area contributed by atoms with Crippen molar-refractivity contribution in [3.63, 3.8) is 0 Å². The molecule has 0 aromatic heterocycles. The number of methoxy groups -OCH3 is 2. The van der Waals surface area contributed by atoms with Gasteiger partial charge in [0.2, 0.25) is 5.91 Å². The fraction of sp³-hybridized carbons (Fsp3) is 0.500. The first-order valence-electron chi connectivity index (χ1n) is 7.18. The summed E-state index contributed by atoms with van der Waals surface area (Å²) in [4.78, 5) is 22.8. The molecule has 0 radical (unpaired) electrons. The number of aliphatic carboxylic acids is 1. The molecule has 2 unspecified atom stereocenters. The maximum absolute atomic E-state index is 12.0. The highest BCUT2D eigenvalue weighted by molar-refractivity contribution is 5.78. The summed E-state index contributed by atoms with van der Waals surface area (Å²) in [7, 11) is 2.91. The first kappa shape index (κ1) is 18.0. The van der Waals surface area contributed by atoms with Crippen molar-refractivity contribution >= 4 is 11.9 Å². The van der Waals surface area contributed by atoms with Crippen LogP contribution in [0, 0.1) is 0 Å². The third-order valence-corrected chi connectivity index (χ3v) is 3.56. The Labute approximate surface area is 130 Å². The standard InChI is InChI=1S/C16H23NO5/c1-4-11(12-5-7-13(21-2)8-6-12)9-15(18)17-10-14(22-3)16(19)20/h5-8,11,14H,4,9-10H2,1-3H3,(H,17,18)(H,19,20). The molecule has 122 valence electrons. The van der Waals surface area contributed by atoms with Gasteiger partial charge in [-0.25, -0.2) is 4.79 Å². The van der Waals surface area contributed by atoms with Gasteiger partial charge in [0.25, 0.3) is 0 Å². The number of carboxylic acids is 1. The molecular weight excluding hydrogens is 286 g/mol. The molecule has 22 heavy (non-hydrogen) atoms. The van der Waals surface area contributed by atoms with E-state index in [1.807, 2.05) is 31.2 Å². The van der Waals surface area contributed by atoms with Crippen LogP contribution < -0.4 is 10.1 Å². The van der Waals surface area contributed by atoms with Crippen molar-refractivity contribution in [2.45, 2.75) is 31.8 Å². The van der Waals surface area contributed by atoms with E-state index in [4.69, 9.17) is 14.6 Å². The summed E-state index contributed by atoms with van der Waals surface area (Å²) in [6.07, 6.45) is 0.0932. The summed E-state index contributed by atoms with van der Waals surface area (Å²) in [6, 6.07) is 7.60. The molecule has 1 aromatic carbocycles. The molecule has 0 saturated carbocycles. The predicted molar refractivity (Wildman–Crippen MR) is 82.1 cm³/mol. The van der Waals surface area contributed by atoms with Gasteiger partial charge in [-0.05, 0) is 30.0 Å². The van der Waals surface area contributed by atoms with Crippen LogP contribution in [0.3, 0.4) is 0 Å². The lowest BCUT2D eigenvalue weighted by molar-refractivity contribution is -0.148. The molecule has 1 aromatic rings. The number of carbonyl (C=O) groups is 2. The number of hydrogen-bond donors (Lipinski definition) is 2. The minimum Gasteiger partial charge on any atom is -0.497 e. The molecule has 2 N–H and O–H groups in total. The van der Waals surface area contributed by atoms with Gasteiger partial charge in [0.15, 0.2) is 6.10 Å². The summed E-state index contributed by atoms with van der Waals surface area (Å²) in [5, 5.41) is 11.5. The van der Waals surface area contributed by atoms with E-state index in [2.05, 4.69) is 5.32 Å². The molecule has 0 aliphatic carbocycles. The number of ether oxygens (including phenoxy) is 2. The summed E-state index contributed by atoms with van der Waals surface area (Å²) in [5.74, 6) is -0.430. The van der Waals surface area contributed by atoms with Crippen LogP contribution in [0.5, 0.6) is 5.75 Å². The summed E-state index contributed by atoms with van der Waals surface area (Å²) >= 11 is 0. The molecule has 2 atom stereocenters. The van der Waals surface area contributed by atoms with E-state index in [1.54, 1.807) is 7.11 Å². The van der Waals surface area contributed by atoms with E-state index in [1.165, 1.54) is 7.11 Å². The Balaban J connectivity index is 2.57. The molecule has 6 nitrogen and oxygen atoms in total. The van der Waals surface area contributed by atoms with Gasteiger partial charge >= 0.3 is 5.97 Å². The quantitative estimate of drug-likeness (QED) is 0.726. The van der Waals surface area contributed by atoms with Crippen molar-refractivity contribution < 1.29 is 24.2 Å². The van der Waals surface area contributed by atoms with E-state index in [0.717, 1.165) is 17.7 Å². The first-order valence-corrected chi connectivity index (χ1v) is 7.18. The average molecular weight is 309 g/mol. The Morgan fingerprint density at radius 2 is 1.86 bits per heavy atom. The van der Waals surface area contributed by atoms with Gasteiger partial charge in [-0.15, -0.1) is 0 Å². The minimum absolute atomic E-state index is 0.0380. The largest absolute Gasteiger partial charge is 0.497 e. The summed E-state index contributed by atoms with van der Waals surface area (Å²) < 4.78 is 9.89. The maximum Gasteiger partial charge on any atom is 0.334 e. The lowest BCUT2D eigenvalue weighted by Gasteiger charge is -2.17. The second-order valence-corrected chi connectivity index (χ2v) is 4.95. The zero-order valence-corrected chi connectivity index (χ0v) is 13.2. The fourth-order valence-electron chi connectivity index (χ4n) is 2.15. The molecule has 0 fully saturated rings. The van der Waals surface area contributed by atoms with E-state index in [0.29, 0.717) is 6.42 Å². The molecule has 6 heteroatoms. The van der Waals surface area contributed by atoms with E-state index >= 15 is 0 Å². The summed E-state index contributed by atoms with van der Waals surface area (Å²) in [6.45, 7) is 1.97. The van der Waals surface area contributed by atoms with Crippen LogP contribution in [0.2, 0.25) is 0 Å². The lowest BCUT2D eigenvalue weighted by atomic mass is 9.93. The Hall–Kier alpha value is -2.08. The highest BCUT2D eigenvalue weighted by Crippen LogP contribution is 2.25. The lowest BCUT2D eigenvalue weighted by Crippen LogP contribution is -2.38. The van der Waals surface area contributed by atoms with E-state index in [-0.39, 0.29) is 18.4 Å². The van der Waals surface area contributed by atoms with Crippen LogP contribution in [-0.4, -0.2) is 43.9 Å². The van der Waals surface area contributed by atoms with Gasteiger partial charge in [0.1, 0.15) is 5.75 Å². The molecule has 0 aliphatic rings. The smallest absolute Gasteiger partial charge is 0.334 e. The Morgan fingerprint density at radius 3 is 2.32 bits per heavy atom. The van der Waals surface area contributed by atoms with Crippen molar-refractivity contribution in [1.29, 1.82) is 0 Å². The maximum atomic E-state index is 12.0. The van der Waals surface area contributed by atoms with Crippen LogP contribution in [0.1, 0.15) is 31.2 Å². The van der Waals surface area contributed by atoms with Crippen molar-refractivity contribution in [2.75, 3.05) is 20.8 Å². The van der Waals surface area contributed by atoms with E-state index < -0.39 is 12.1 Å². The Bertz CT molecular complexity index is 486. The number of carbonyl (C=O) groups excluding carboxylic acids is 1. The molecule has 0 bridgehead atoms. The van der Waals surface area contributed by atoms with Gasteiger partial charge < -0.3 is 19.9 Å². The number of amides is 1. The third-order valence-electron chi connectivity index (χ3n) is 3.56. The number of hydrogen-bond acceptors (Lipinski definition) is 4. The molecular formula is C16H23NO5. The van der Waals surface area contributed by atoms with E-state index in [9.17, 15) is 9.59 Å². The number of nitrogens with one attached hydrogen (secondary N) is 1. The Morgan fingerprint density at radius 1 is 1.23 bits per heavy atom. The highest BCUT2D eigenvalue weighted by atomic mass is 16.5. The van der Waals surface area contributed by atoms with Gasteiger partial charge in [0, 0.05) is 13.5 Å². The highest BCUT2D eigenvalue weighted by Gasteiger charge is 2.19. The summed E-state index contributed by atoms with van der Waals surface area (Å²) in [5.41, 5.74) is 1.06. The minimum atomic E-state index is -1.09. The fourth-order valence-corrected chi connectivity index (χ4v) is 2.15. The molecule has 0 spiro atoms. The van der Waals surface area contributed by atoms with Crippen molar-refractivity contribution in [2.24, 2.45) is 0 Å². The van der Waals surface area contributed by atoms with Crippen LogP contribution >= 0.6 is 0 Å². The number of rotatable bonds is 9. The average Bonchev–Trinajstić information content (AvgIpc) is 2.53. The Kier molecular flexibility index (Phi) is 7.39. The van der Waals surface area contributed by atoms with Crippen LogP contribution in [0.25, 0.3) is 0 Å². The second kappa shape index (κ2) is 9.04.